The van der Waals surface area contributed by atoms with Crippen LogP contribution in [0.3, 0.4) is 0 Å². The van der Waals surface area contributed by atoms with Gasteiger partial charge in [0.1, 0.15) is 12.2 Å². The molecule has 1 fully saturated rings. The van der Waals surface area contributed by atoms with Crippen LogP contribution in [-0.4, -0.2) is 37.3 Å². The lowest BCUT2D eigenvalue weighted by molar-refractivity contribution is -0.141. The fourth-order valence-corrected chi connectivity index (χ4v) is 7.47. The first kappa shape index (κ1) is 20.1. The van der Waals surface area contributed by atoms with Crippen molar-refractivity contribution >= 4 is 60.3 Å². The maximum absolute atomic E-state index is 13.8. The molecule has 0 bridgehead atoms. The second-order valence-corrected chi connectivity index (χ2v) is 10.7. The normalized spacial score (nSPS) is 30.2. The standard InChI is InChI=1S/C23H18Br2N4O3/c1-11-20(31)29-19-17(14-8-4-6-10-16(14)28(19)12(2)30)18(24)23(29,25)22-26-15-9-5-3-7-13(15)21(32)27(11)22/h3-11,17-19H,1-2H3/t11-,17-,18-,19+,23+/m1/s1. The van der Waals surface area contributed by atoms with E-state index in [4.69, 9.17) is 4.98 Å². The minimum Gasteiger partial charge on any atom is -0.296 e. The number of aromatic nitrogens is 2. The molecule has 0 radical (unpaired) electrons. The highest BCUT2D eigenvalue weighted by Crippen LogP contribution is 2.62. The Balaban J connectivity index is 1.67. The van der Waals surface area contributed by atoms with E-state index in [9.17, 15) is 14.4 Å². The fourth-order valence-electron chi connectivity index (χ4n) is 5.54. The van der Waals surface area contributed by atoms with Crippen LogP contribution in [0.25, 0.3) is 10.9 Å². The van der Waals surface area contributed by atoms with Crippen molar-refractivity contribution in [3.05, 3.63) is 70.3 Å². The van der Waals surface area contributed by atoms with Gasteiger partial charge in [0.2, 0.25) is 11.8 Å². The summed E-state index contributed by atoms with van der Waals surface area (Å²) in [5.74, 6) is -0.105. The zero-order valence-electron chi connectivity index (χ0n) is 17.2. The predicted molar refractivity (Wildman–Crippen MR) is 127 cm³/mol. The summed E-state index contributed by atoms with van der Waals surface area (Å²) < 4.78 is 0.394. The molecule has 32 heavy (non-hydrogen) atoms. The Morgan fingerprint density at radius 3 is 2.53 bits per heavy atom. The van der Waals surface area contributed by atoms with Gasteiger partial charge in [0, 0.05) is 18.5 Å². The largest absolute Gasteiger partial charge is 0.296 e. The van der Waals surface area contributed by atoms with E-state index >= 15 is 0 Å². The van der Waals surface area contributed by atoms with E-state index in [2.05, 4.69) is 31.9 Å². The molecule has 0 spiro atoms. The molecule has 6 rings (SSSR count). The highest BCUT2D eigenvalue weighted by molar-refractivity contribution is 9.12. The van der Waals surface area contributed by atoms with Gasteiger partial charge in [0.25, 0.3) is 5.56 Å². The number of hydrogen-bond donors (Lipinski definition) is 0. The Morgan fingerprint density at radius 2 is 1.78 bits per heavy atom. The molecular formula is C23H18Br2N4O3. The number of nitrogens with zero attached hydrogens (tertiary/aromatic N) is 4. The average Bonchev–Trinajstić information content (AvgIpc) is 3.23. The zero-order chi connectivity index (χ0) is 22.5. The van der Waals surface area contributed by atoms with Crippen LogP contribution in [0.2, 0.25) is 0 Å². The van der Waals surface area contributed by atoms with Crippen LogP contribution in [0.15, 0.2) is 53.3 Å². The third kappa shape index (κ3) is 2.21. The van der Waals surface area contributed by atoms with Crippen molar-refractivity contribution in [3.8, 4) is 0 Å². The molecule has 3 aliphatic rings. The monoisotopic (exact) mass is 556 g/mol. The van der Waals surface area contributed by atoms with Crippen molar-refractivity contribution in [2.24, 2.45) is 0 Å². The summed E-state index contributed by atoms with van der Waals surface area (Å²) in [6.07, 6.45) is -0.527. The number of carbonyl (C=O) groups excluding carboxylic acids is 2. The Hall–Kier alpha value is -2.52. The first-order chi connectivity index (χ1) is 15.3. The fraction of sp³-hybridized carbons (Fsp3) is 0.304. The number of halogens is 2. The van der Waals surface area contributed by atoms with Crippen molar-refractivity contribution in [2.75, 3.05) is 4.90 Å². The van der Waals surface area contributed by atoms with Crippen molar-refractivity contribution in [2.45, 2.75) is 41.2 Å². The molecule has 7 nitrogen and oxygen atoms in total. The van der Waals surface area contributed by atoms with Gasteiger partial charge in [0.05, 0.1) is 15.7 Å². The number of amides is 2. The molecule has 2 aromatic carbocycles. The first-order valence-corrected chi connectivity index (χ1v) is 12.1. The second kappa shape index (κ2) is 6.51. The smallest absolute Gasteiger partial charge is 0.262 e. The van der Waals surface area contributed by atoms with Gasteiger partial charge in [-0.1, -0.05) is 62.2 Å². The molecule has 0 unspecified atom stereocenters. The van der Waals surface area contributed by atoms with Crippen molar-refractivity contribution < 1.29 is 9.59 Å². The molecule has 5 atom stereocenters. The Bertz CT molecular complexity index is 1410. The number of hydrogen-bond acceptors (Lipinski definition) is 4. The number of carbonyl (C=O) groups is 2. The molecule has 162 valence electrons. The van der Waals surface area contributed by atoms with Gasteiger partial charge in [-0.25, -0.2) is 4.98 Å². The third-order valence-corrected chi connectivity index (χ3v) is 9.96. The van der Waals surface area contributed by atoms with Crippen LogP contribution in [0.4, 0.5) is 5.69 Å². The van der Waals surface area contributed by atoms with Crippen LogP contribution in [-0.2, 0) is 14.0 Å². The minimum absolute atomic E-state index is 0.142. The van der Waals surface area contributed by atoms with Gasteiger partial charge in [-0.15, -0.1) is 0 Å². The van der Waals surface area contributed by atoms with Crippen molar-refractivity contribution in [1.29, 1.82) is 0 Å². The lowest BCUT2D eigenvalue weighted by Gasteiger charge is -2.46. The van der Waals surface area contributed by atoms with E-state index in [0.29, 0.717) is 16.7 Å². The lowest BCUT2D eigenvalue weighted by atomic mass is 9.95. The summed E-state index contributed by atoms with van der Waals surface area (Å²) in [4.78, 5) is 48.0. The highest BCUT2D eigenvalue weighted by Gasteiger charge is 2.68. The van der Waals surface area contributed by atoms with E-state index in [1.54, 1.807) is 34.9 Å². The van der Waals surface area contributed by atoms with E-state index in [1.165, 1.54) is 11.5 Å². The number of fused-ring (bicyclic) bond motifs is 8. The summed E-state index contributed by atoms with van der Waals surface area (Å²) in [5, 5.41) is 0.473. The molecule has 2 amide bonds. The van der Waals surface area contributed by atoms with Gasteiger partial charge in [0.15, 0.2) is 10.3 Å². The summed E-state index contributed by atoms with van der Waals surface area (Å²) in [7, 11) is 0. The number of benzene rings is 2. The number of rotatable bonds is 0. The van der Waals surface area contributed by atoms with Crippen LogP contribution in [0, 0.1) is 0 Å². The van der Waals surface area contributed by atoms with Gasteiger partial charge in [-0.3, -0.25) is 28.8 Å². The summed E-state index contributed by atoms with van der Waals surface area (Å²) in [5.41, 5.74) is 2.12. The highest BCUT2D eigenvalue weighted by atomic mass is 79.9. The minimum atomic E-state index is -1.10. The van der Waals surface area contributed by atoms with E-state index in [1.807, 2.05) is 30.3 Å². The van der Waals surface area contributed by atoms with Gasteiger partial charge in [-0.05, 0) is 30.7 Å². The van der Waals surface area contributed by atoms with Crippen LogP contribution < -0.4 is 10.5 Å². The molecule has 9 heteroatoms. The molecule has 0 N–H and O–H groups in total. The van der Waals surface area contributed by atoms with Crippen LogP contribution >= 0.6 is 31.9 Å². The summed E-state index contributed by atoms with van der Waals surface area (Å²) in [6.45, 7) is 3.23. The zero-order valence-corrected chi connectivity index (χ0v) is 20.4. The number of alkyl halides is 2. The predicted octanol–water partition coefficient (Wildman–Crippen LogP) is 3.60. The first-order valence-electron chi connectivity index (χ1n) is 10.3. The van der Waals surface area contributed by atoms with E-state index in [-0.39, 0.29) is 28.1 Å². The molecule has 1 saturated heterocycles. The maximum atomic E-state index is 13.8. The SMILES string of the molecule is CC(=O)N1c2ccccc2[C@@H]2[C@@H](Br)[C@@]3(Br)c4nc5ccccc5c(=O)n4[C@H](C)C(=O)N3[C@@H]21. The van der Waals surface area contributed by atoms with Crippen LogP contribution in [0.5, 0.6) is 0 Å². The van der Waals surface area contributed by atoms with Gasteiger partial charge >= 0.3 is 0 Å². The Morgan fingerprint density at radius 1 is 1.09 bits per heavy atom. The Labute approximate surface area is 200 Å². The van der Waals surface area contributed by atoms with E-state index < -0.39 is 16.7 Å². The quantitative estimate of drug-likeness (QED) is 0.313. The molecular weight excluding hydrogens is 540 g/mol. The molecule has 1 aromatic heterocycles. The van der Waals surface area contributed by atoms with E-state index in [0.717, 1.165) is 11.3 Å². The number of anilines is 1. The average molecular weight is 558 g/mol. The second-order valence-electron chi connectivity index (χ2n) is 8.47. The number of para-hydroxylation sites is 2. The summed E-state index contributed by atoms with van der Waals surface area (Å²) >= 11 is 7.72. The molecule has 0 aliphatic carbocycles. The molecule has 0 saturated carbocycles. The van der Waals surface area contributed by atoms with Gasteiger partial charge in [-0.2, -0.15) is 0 Å². The molecule has 3 aromatic rings. The molecule has 4 heterocycles. The Kier molecular flexibility index (Phi) is 4.09. The maximum Gasteiger partial charge on any atom is 0.262 e. The molecule has 3 aliphatic heterocycles. The van der Waals surface area contributed by atoms with Crippen molar-refractivity contribution in [3.63, 3.8) is 0 Å². The lowest BCUT2D eigenvalue weighted by Crippen LogP contribution is -2.61. The topological polar surface area (TPSA) is 75.5 Å². The summed E-state index contributed by atoms with van der Waals surface area (Å²) in [6, 6.07) is 14.1. The van der Waals surface area contributed by atoms with Crippen molar-refractivity contribution in [1.82, 2.24) is 14.5 Å². The van der Waals surface area contributed by atoms with Crippen LogP contribution in [0.1, 0.15) is 37.2 Å². The third-order valence-electron chi connectivity index (χ3n) is 6.88. The van der Waals surface area contributed by atoms with Gasteiger partial charge < -0.3 is 0 Å².